The van der Waals surface area contributed by atoms with E-state index in [1.807, 2.05) is 103 Å². The largest absolute Gasteiger partial charge is 0.497 e. The lowest BCUT2D eigenvalue weighted by Crippen LogP contribution is -2.57. The van der Waals surface area contributed by atoms with E-state index in [2.05, 4.69) is 13.8 Å². The molecule has 2 amide bonds. The lowest BCUT2D eigenvalue weighted by Gasteiger charge is -2.38. The number of carbonyl (C=O) groups is 2. The van der Waals surface area contributed by atoms with Crippen molar-refractivity contribution in [1.82, 2.24) is 4.90 Å². The Morgan fingerprint density at radius 1 is 0.736 bits per heavy atom. The molecule has 53 heavy (non-hydrogen) atoms. The van der Waals surface area contributed by atoms with Crippen molar-refractivity contribution in [3.8, 4) is 5.75 Å². The van der Waals surface area contributed by atoms with Crippen molar-refractivity contribution in [2.24, 2.45) is 0 Å². The number of benzene rings is 4. The van der Waals surface area contributed by atoms with E-state index in [4.69, 9.17) is 23.7 Å². The van der Waals surface area contributed by atoms with Crippen molar-refractivity contribution < 1.29 is 38.4 Å². The van der Waals surface area contributed by atoms with E-state index in [1.165, 1.54) is 0 Å². The van der Waals surface area contributed by atoms with Gasteiger partial charge in [-0.2, -0.15) is 0 Å². The van der Waals surface area contributed by atoms with Crippen molar-refractivity contribution in [2.75, 3.05) is 25.2 Å². The van der Waals surface area contributed by atoms with Gasteiger partial charge in [-0.1, -0.05) is 117 Å². The summed E-state index contributed by atoms with van der Waals surface area (Å²) >= 11 is 3.39. The van der Waals surface area contributed by atoms with Crippen LogP contribution in [0.3, 0.4) is 0 Å². The number of nitrogens with zero attached hydrogens (tertiary/aromatic N) is 1. The number of cyclic esters (lactones) is 1. The van der Waals surface area contributed by atoms with Gasteiger partial charge in [0.1, 0.15) is 30.7 Å². The van der Waals surface area contributed by atoms with Crippen LogP contribution in [0.15, 0.2) is 115 Å². The number of aliphatic hydroxyl groups excluding tert-OH is 1. The Hall–Kier alpha value is -3.84. The highest BCUT2D eigenvalue weighted by Gasteiger charge is 2.48. The highest BCUT2D eigenvalue weighted by molar-refractivity contribution is 8.17. The first kappa shape index (κ1) is 40.3. The zero-order chi connectivity index (χ0) is 37.4. The highest BCUT2D eigenvalue weighted by atomic mass is 32.2. The first-order valence-corrected chi connectivity index (χ1v) is 20.0. The minimum absolute atomic E-state index is 0.0263. The molecule has 0 saturated carbocycles. The molecule has 282 valence electrons. The fourth-order valence-electron chi connectivity index (χ4n) is 6.12. The number of rotatable bonds is 21. The molecule has 9 nitrogen and oxygen atoms in total. The number of aliphatic hydroxyl groups is 1. The normalized spacial score (nSPS) is 16.6. The van der Waals surface area contributed by atoms with E-state index < -0.39 is 42.5 Å². The molecule has 0 unspecified atom stereocenters. The molecule has 1 fully saturated rings. The van der Waals surface area contributed by atoms with Crippen molar-refractivity contribution in [2.45, 2.75) is 75.1 Å². The third-order valence-corrected chi connectivity index (χ3v) is 11.5. The monoisotopic (exact) mass is 759 g/mol. The molecule has 1 aliphatic rings. The number of thioether (sulfide) groups is 2. The summed E-state index contributed by atoms with van der Waals surface area (Å²) < 4.78 is 30.4. The van der Waals surface area contributed by atoms with Crippen LogP contribution in [0.4, 0.5) is 4.79 Å². The van der Waals surface area contributed by atoms with Crippen LogP contribution in [0.1, 0.15) is 36.1 Å². The molecule has 1 aliphatic heterocycles. The molecular formula is C42H49NO8S2. The molecule has 4 aromatic carbocycles. The molecule has 0 radical (unpaired) electrons. The van der Waals surface area contributed by atoms with E-state index in [-0.39, 0.29) is 31.0 Å². The minimum atomic E-state index is -1.55. The van der Waals surface area contributed by atoms with Crippen molar-refractivity contribution >= 4 is 35.5 Å². The van der Waals surface area contributed by atoms with Gasteiger partial charge in [-0.3, -0.25) is 4.79 Å². The quantitative estimate of drug-likeness (QED) is 0.0858. The number of amides is 2. The molecule has 0 bridgehead atoms. The molecule has 0 spiro atoms. The third-order valence-electron chi connectivity index (χ3n) is 8.82. The van der Waals surface area contributed by atoms with Crippen molar-refractivity contribution in [1.29, 1.82) is 0 Å². The van der Waals surface area contributed by atoms with E-state index in [1.54, 1.807) is 42.8 Å². The smallest absolute Gasteiger partial charge is 0.417 e. The average molecular weight is 760 g/mol. The second-order valence-electron chi connectivity index (χ2n) is 12.5. The van der Waals surface area contributed by atoms with Gasteiger partial charge in [-0.05, 0) is 52.3 Å². The predicted molar refractivity (Wildman–Crippen MR) is 210 cm³/mol. The Balaban J connectivity index is 1.53. The molecule has 1 heterocycles. The molecule has 5 atom stereocenters. The predicted octanol–water partition coefficient (Wildman–Crippen LogP) is 7.53. The lowest BCUT2D eigenvalue weighted by atomic mass is 10.00. The van der Waals surface area contributed by atoms with Crippen LogP contribution >= 0.6 is 23.5 Å². The van der Waals surface area contributed by atoms with Gasteiger partial charge >= 0.3 is 6.09 Å². The number of methoxy groups -OCH3 is 1. The molecule has 0 aliphatic carbocycles. The number of imide groups is 1. The first-order chi connectivity index (χ1) is 25.9. The summed E-state index contributed by atoms with van der Waals surface area (Å²) in [7, 11) is 1.59. The van der Waals surface area contributed by atoms with E-state index >= 15 is 0 Å². The number of ether oxygens (including phenoxy) is 5. The second kappa shape index (κ2) is 21.2. The zero-order valence-electron chi connectivity index (χ0n) is 30.5. The molecular weight excluding hydrogens is 711 g/mol. The van der Waals surface area contributed by atoms with Crippen LogP contribution < -0.4 is 4.74 Å². The van der Waals surface area contributed by atoms with Gasteiger partial charge in [0.2, 0.25) is 0 Å². The Kier molecular flexibility index (Phi) is 16.1. The SMILES string of the molecule is CCSC(SCC)[C@H](OCc1ccccc1)[C@@H](OCc1ccccc1)[C@@H](O)[C@H](OCc1ccc(OC)cc1)C(=O)N1C(=O)OC[C@H]1Cc1ccccc1. The third kappa shape index (κ3) is 11.6. The Bertz CT molecular complexity index is 1660. The summed E-state index contributed by atoms with van der Waals surface area (Å²) in [6, 6.07) is 35.8. The fourth-order valence-corrected chi connectivity index (χ4v) is 8.82. The van der Waals surface area contributed by atoms with Gasteiger partial charge in [0.15, 0.2) is 6.10 Å². The van der Waals surface area contributed by atoms with Gasteiger partial charge in [0.05, 0.1) is 37.6 Å². The summed E-state index contributed by atoms with van der Waals surface area (Å²) in [6.07, 6.45) is -5.18. The standard InChI is InChI=1S/C42H49NO8S2/c1-4-52-41(53-5-2)39(50-27-32-19-13-8-14-20-32)37(48-26-31-17-11-7-12-18-31)36(44)38(49-28-33-21-23-35(47-3)24-22-33)40(45)43-34(29-51-42(43)46)25-30-15-9-6-10-16-30/h6-24,34,36-39,41,44H,4-5,25-29H2,1-3H3/t34-,36-,37+,38+,39-/m1/s1. The molecule has 1 saturated heterocycles. The van der Waals surface area contributed by atoms with Crippen LogP contribution in [-0.4, -0.2) is 82.3 Å². The summed E-state index contributed by atoms with van der Waals surface area (Å²) in [6.45, 7) is 4.57. The molecule has 11 heteroatoms. The minimum Gasteiger partial charge on any atom is -0.497 e. The maximum atomic E-state index is 14.7. The second-order valence-corrected chi connectivity index (χ2v) is 15.6. The van der Waals surface area contributed by atoms with Crippen LogP contribution in [0.2, 0.25) is 0 Å². The van der Waals surface area contributed by atoms with Gasteiger partial charge in [0.25, 0.3) is 5.91 Å². The maximum absolute atomic E-state index is 14.7. The molecule has 5 rings (SSSR count). The maximum Gasteiger partial charge on any atom is 0.417 e. The Labute approximate surface area is 321 Å². The van der Waals surface area contributed by atoms with Crippen LogP contribution in [0.5, 0.6) is 5.75 Å². The summed E-state index contributed by atoms with van der Waals surface area (Å²) in [5, 5.41) is 12.6. The molecule has 0 aromatic heterocycles. The molecule has 4 aromatic rings. The van der Waals surface area contributed by atoms with E-state index in [0.29, 0.717) is 12.2 Å². The van der Waals surface area contributed by atoms with Crippen molar-refractivity contribution in [3.63, 3.8) is 0 Å². The summed E-state index contributed by atoms with van der Waals surface area (Å²) in [4.78, 5) is 29.1. The fraction of sp³-hybridized carbons (Fsp3) is 0.381. The Morgan fingerprint density at radius 3 is 1.75 bits per heavy atom. The van der Waals surface area contributed by atoms with Crippen molar-refractivity contribution in [3.05, 3.63) is 138 Å². The van der Waals surface area contributed by atoms with Gasteiger partial charge in [0, 0.05) is 0 Å². The number of carbonyl (C=O) groups excluding carboxylic acids is 2. The first-order valence-electron chi connectivity index (χ1n) is 17.9. The number of hydrogen-bond donors (Lipinski definition) is 1. The average Bonchev–Trinajstić information content (AvgIpc) is 3.56. The zero-order valence-corrected chi connectivity index (χ0v) is 32.1. The molecule has 1 N–H and O–H groups in total. The summed E-state index contributed by atoms with van der Waals surface area (Å²) in [5.74, 6) is 1.56. The van der Waals surface area contributed by atoms with Gasteiger partial charge in [-0.25, -0.2) is 9.69 Å². The number of hydrogen-bond acceptors (Lipinski definition) is 10. The lowest BCUT2D eigenvalue weighted by molar-refractivity contribution is -0.179. The van der Waals surface area contributed by atoms with Gasteiger partial charge in [-0.15, -0.1) is 23.5 Å². The van der Waals surface area contributed by atoms with E-state index in [9.17, 15) is 14.7 Å². The van der Waals surface area contributed by atoms with Crippen LogP contribution in [0.25, 0.3) is 0 Å². The van der Waals surface area contributed by atoms with Gasteiger partial charge < -0.3 is 28.8 Å². The Morgan fingerprint density at radius 2 is 1.23 bits per heavy atom. The highest BCUT2D eigenvalue weighted by Crippen LogP contribution is 2.34. The van der Waals surface area contributed by atoms with Crippen LogP contribution in [-0.2, 0) is 50.0 Å². The van der Waals surface area contributed by atoms with E-state index in [0.717, 1.165) is 38.7 Å². The van der Waals surface area contributed by atoms with Crippen LogP contribution in [0, 0.1) is 0 Å². The summed E-state index contributed by atoms with van der Waals surface area (Å²) in [5.41, 5.74) is 3.55. The topological polar surface area (TPSA) is 104 Å².